The molecule has 1 N–H and O–H groups in total. The molecule has 0 aromatic heterocycles. The molecule has 0 amide bonds. The lowest BCUT2D eigenvalue weighted by molar-refractivity contribution is 0.131. The van der Waals surface area contributed by atoms with Crippen LogP contribution >= 0.6 is 0 Å². The van der Waals surface area contributed by atoms with E-state index in [0.29, 0.717) is 5.41 Å². The first-order chi connectivity index (χ1) is 8.74. The molecule has 2 nitrogen and oxygen atoms in total. The lowest BCUT2D eigenvalue weighted by Gasteiger charge is -2.48. The molecule has 0 heterocycles. The van der Waals surface area contributed by atoms with Crippen molar-refractivity contribution in [2.45, 2.75) is 38.0 Å². The van der Waals surface area contributed by atoms with Gasteiger partial charge in [0.2, 0.25) is 0 Å². The maximum atomic E-state index is 5.24. The van der Waals surface area contributed by atoms with E-state index in [1.165, 1.54) is 31.2 Å². The molecule has 0 atom stereocenters. The first kappa shape index (κ1) is 13.4. The van der Waals surface area contributed by atoms with E-state index < -0.39 is 0 Å². The summed E-state index contributed by atoms with van der Waals surface area (Å²) in [6.07, 6.45) is 5.34. The van der Waals surface area contributed by atoms with Crippen molar-refractivity contribution in [2.24, 2.45) is 5.92 Å². The van der Waals surface area contributed by atoms with Crippen molar-refractivity contribution >= 4 is 0 Å². The van der Waals surface area contributed by atoms with Gasteiger partial charge < -0.3 is 10.1 Å². The van der Waals surface area contributed by atoms with Gasteiger partial charge in [0.1, 0.15) is 5.75 Å². The third-order valence-corrected chi connectivity index (χ3v) is 4.27. The Morgan fingerprint density at radius 2 is 1.94 bits per heavy atom. The van der Waals surface area contributed by atoms with Crippen LogP contribution < -0.4 is 10.1 Å². The van der Waals surface area contributed by atoms with Crippen LogP contribution in [0.4, 0.5) is 0 Å². The Hall–Kier alpha value is -1.02. The molecular formula is C16H25NO. The second-order valence-corrected chi connectivity index (χ2v) is 5.60. The third kappa shape index (κ3) is 2.54. The maximum Gasteiger partial charge on any atom is 0.118 e. The van der Waals surface area contributed by atoms with Gasteiger partial charge in [0, 0.05) is 12.0 Å². The summed E-state index contributed by atoms with van der Waals surface area (Å²) in [7, 11) is 3.78. The van der Waals surface area contributed by atoms with Crippen LogP contribution in [0.1, 0.15) is 38.2 Å². The van der Waals surface area contributed by atoms with Gasteiger partial charge in [-0.3, -0.25) is 0 Å². The highest BCUT2D eigenvalue weighted by Gasteiger charge is 2.44. The highest BCUT2D eigenvalue weighted by atomic mass is 16.5. The number of hydrogen-bond donors (Lipinski definition) is 1. The molecule has 1 saturated carbocycles. The number of ether oxygens (including phenoxy) is 1. The summed E-state index contributed by atoms with van der Waals surface area (Å²) >= 11 is 0. The summed E-state index contributed by atoms with van der Waals surface area (Å²) in [5.74, 6) is 1.87. The highest BCUT2D eigenvalue weighted by molar-refractivity contribution is 5.35. The van der Waals surface area contributed by atoms with Crippen LogP contribution in [-0.4, -0.2) is 20.7 Å². The molecule has 0 bridgehead atoms. The van der Waals surface area contributed by atoms with Crippen molar-refractivity contribution in [2.75, 3.05) is 20.7 Å². The van der Waals surface area contributed by atoms with Crippen molar-refractivity contribution in [3.05, 3.63) is 29.8 Å². The smallest absolute Gasteiger partial charge is 0.118 e. The number of nitrogens with one attached hydrogen (secondary N) is 1. The van der Waals surface area contributed by atoms with E-state index in [1.807, 2.05) is 0 Å². The molecule has 1 aliphatic carbocycles. The maximum absolute atomic E-state index is 5.24. The van der Waals surface area contributed by atoms with Crippen molar-refractivity contribution in [1.82, 2.24) is 5.32 Å². The SMILES string of the molecule is CCCC1CC(CNC)(c2ccc(OC)cc2)C1. The molecule has 1 aromatic rings. The van der Waals surface area contributed by atoms with Gasteiger partial charge in [-0.25, -0.2) is 0 Å². The van der Waals surface area contributed by atoms with Crippen LogP contribution in [0.15, 0.2) is 24.3 Å². The Balaban J connectivity index is 2.10. The number of likely N-dealkylation sites (N-methyl/N-ethyl adjacent to an activating group) is 1. The topological polar surface area (TPSA) is 21.3 Å². The van der Waals surface area contributed by atoms with E-state index in [2.05, 4.69) is 43.6 Å². The van der Waals surface area contributed by atoms with Gasteiger partial charge in [-0.2, -0.15) is 0 Å². The van der Waals surface area contributed by atoms with Gasteiger partial charge in [0.05, 0.1) is 7.11 Å². The zero-order valence-corrected chi connectivity index (χ0v) is 11.8. The molecule has 1 fully saturated rings. The zero-order valence-electron chi connectivity index (χ0n) is 11.8. The predicted octanol–water partition coefficient (Wildman–Crippen LogP) is 3.36. The minimum absolute atomic E-state index is 0.362. The van der Waals surface area contributed by atoms with Gasteiger partial charge >= 0.3 is 0 Å². The standard InChI is InChI=1S/C16H25NO/c1-4-5-13-10-16(11-13,12-17-2)14-6-8-15(18-3)9-7-14/h6-9,13,17H,4-5,10-12H2,1-3H3. The van der Waals surface area contributed by atoms with E-state index in [4.69, 9.17) is 4.74 Å². The zero-order chi connectivity index (χ0) is 13.0. The first-order valence-corrected chi connectivity index (χ1v) is 7.03. The lowest BCUT2D eigenvalue weighted by Crippen LogP contribution is -2.47. The Kier molecular flexibility index (Phi) is 4.28. The molecule has 18 heavy (non-hydrogen) atoms. The third-order valence-electron chi connectivity index (χ3n) is 4.27. The van der Waals surface area contributed by atoms with Gasteiger partial charge in [-0.1, -0.05) is 31.9 Å². The first-order valence-electron chi connectivity index (χ1n) is 7.03. The molecule has 2 heteroatoms. The second-order valence-electron chi connectivity index (χ2n) is 5.60. The average Bonchev–Trinajstić information content (AvgIpc) is 2.36. The highest BCUT2D eigenvalue weighted by Crippen LogP contribution is 2.49. The van der Waals surface area contributed by atoms with E-state index in [-0.39, 0.29) is 0 Å². The molecule has 0 spiro atoms. The van der Waals surface area contributed by atoms with Gasteiger partial charge in [0.25, 0.3) is 0 Å². The summed E-state index contributed by atoms with van der Waals surface area (Å²) in [4.78, 5) is 0. The van der Waals surface area contributed by atoms with E-state index >= 15 is 0 Å². The Labute approximate surface area is 111 Å². The monoisotopic (exact) mass is 247 g/mol. The normalized spacial score (nSPS) is 26.7. The largest absolute Gasteiger partial charge is 0.497 e. The fraction of sp³-hybridized carbons (Fsp3) is 0.625. The minimum atomic E-state index is 0.362. The minimum Gasteiger partial charge on any atom is -0.497 e. The molecule has 2 rings (SSSR count). The fourth-order valence-electron chi connectivity index (χ4n) is 3.42. The number of benzene rings is 1. The average molecular weight is 247 g/mol. The lowest BCUT2D eigenvalue weighted by atomic mass is 9.57. The van der Waals surface area contributed by atoms with E-state index in [1.54, 1.807) is 7.11 Å². The molecule has 1 aliphatic rings. The van der Waals surface area contributed by atoms with Crippen LogP contribution in [0.3, 0.4) is 0 Å². The molecule has 0 saturated heterocycles. The summed E-state index contributed by atoms with van der Waals surface area (Å²) in [5, 5.41) is 3.37. The van der Waals surface area contributed by atoms with Crippen LogP contribution in [0.5, 0.6) is 5.75 Å². The number of rotatable bonds is 6. The summed E-state index contributed by atoms with van der Waals surface area (Å²) in [5.41, 5.74) is 1.82. The molecule has 0 unspecified atom stereocenters. The second kappa shape index (κ2) is 5.75. The van der Waals surface area contributed by atoms with Gasteiger partial charge in [-0.15, -0.1) is 0 Å². The summed E-state index contributed by atoms with van der Waals surface area (Å²) in [6, 6.07) is 8.64. The summed E-state index contributed by atoms with van der Waals surface area (Å²) < 4.78 is 5.24. The van der Waals surface area contributed by atoms with E-state index in [0.717, 1.165) is 18.2 Å². The Morgan fingerprint density at radius 1 is 1.28 bits per heavy atom. The molecule has 0 radical (unpaired) electrons. The van der Waals surface area contributed by atoms with Crippen molar-refractivity contribution in [3.8, 4) is 5.75 Å². The number of methoxy groups -OCH3 is 1. The Bertz CT molecular complexity index is 365. The Morgan fingerprint density at radius 3 is 2.44 bits per heavy atom. The predicted molar refractivity (Wildman–Crippen MR) is 76.2 cm³/mol. The van der Waals surface area contributed by atoms with Gasteiger partial charge in [-0.05, 0) is 43.5 Å². The molecule has 0 aliphatic heterocycles. The van der Waals surface area contributed by atoms with Crippen molar-refractivity contribution in [1.29, 1.82) is 0 Å². The summed E-state index contributed by atoms with van der Waals surface area (Å²) in [6.45, 7) is 3.37. The molecular weight excluding hydrogens is 222 g/mol. The van der Waals surface area contributed by atoms with Crippen LogP contribution in [-0.2, 0) is 5.41 Å². The van der Waals surface area contributed by atoms with Crippen molar-refractivity contribution in [3.63, 3.8) is 0 Å². The molecule has 100 valence electrons. The number of hydrogen-bond acceptors (Lipinski definition) is 2. The fourth-order valence-corrected chi connectivity index (χ4v) is 3.42. The van der Waals surface area contributed by atoms with E-state index in [9.17, 15) is 0 Å². The molecule has 1 aromatic carbocycles. The van der Waals surface area contributed by atoms with Crippen LogP contribution in [0, 0.1) is 5.92 Å². The van der Waals surface area contributed by atoms with Gasteiger partial charge in [0.15, 0.2) is 0 Å². The van der Waals surface area contributed by atoms with Crippen molar-refractivity contribution < 1.29 is 4.74 Å². The van der Waals surface area contributed by atoms with Crippen LogP contribution in [0.25, 0.3) is 0 Å². The van der Waals surface area contributed by atoms with Crippen LogP contribution in [0.2, 0.25) is 0 Å². The quantitative estimate of drug-likeness (QED) is 0.832.